The summed E-state index contributed by atoms with van der Waals surface area (Å²) in [6, 6.07) is 6.98. The van der Waals surface area contributed by atoms with Crippen LogP contribution in [0.2, 0.25) is 0 Å². The number of benzene rings is 1. The van der Waals surface area contributed by atoms with E-state index < -0.39 is 0 Å². The van der Waals surface area contributed by atoms with Gasteiger partial charge in [0.05, 0.1) is 7.11 Å². The first kappa shape index (κ1) is 13.2. The maximum Gasteiger partial charge on any atom is 0.119 e. The van der Waals surface area contributed by atoms with Crippen LogP contribution in [0.15, 0.2) is 18.2 Å². The highest BCUT2D eigenvalue weighted by molar-refractivity contribution is 5.56. The second-order valence-corrected chi connectivity index (χ2v) is 5.00. The lowest BCUT2D eigenvalue weighted by Gasteiger charge is -2.35. The number of nitrogens with zero attached hydrogens (tertiary/aromatic N) is 1. The van der Waals surface area contributed by atoms with Gasteiger partial charge in [0.1, 0.15) is 5.75 Å². The summed E-state index contributed by atoms with van der Waals surface area (Å²) >= 11 is 0. The van der Waals surface area contributed by atoms with Crippen molar-refractivity contribution >= 4 is 5.69 Å². The Hall–Kier alpha value is -1.22. The van der Waals surface area contributed by atoms with Gasteiger partial charge in [-0.3, -0.25) is 0 Å². The predicted octanol–water partition coefficient (Wildman–Crippen LogP) is 2.58. The molecule has 0 spiro atoms. The van der Waals surface area contributed by atoms with Gasteiger partial charge in [-0.25, -0.2) is 0 Å². The summed E-state index contributed by atoms with van der Waals surface area (Å²) in [5, 5.41) is 3.56. The Morgan fingerprint density at radius 3 is 2.94 bits per heavy atom. The minimum Gasteiger partial charge on any atom is -0.497 e. The Morgan fingerprint density at radius 1 is 1.44 bits per heavy atom. The van der Waals surface area contributed by atoms with Crippen molar-refractivity contribution in [3.05, 3.63) is 23.8 Å². The van der Waals surface area contributed by atoms with Gasteiger partial charge < -0.3 is 15.0 Å². The number of methoxy groups -OCH3 is 1. The number of aryl methyl sites for hydroxylation is 1. The zero-order valence-electron chi connectivity index (χ0n) is 11.7. The van der Waals surface area contributed by atoms with Crippen LogP contribution in [0, 0.1) is 6.92 Å². The van der Waals surface area contributed by atoms with E-state index in [1.165, 1.54) is 24.1 Å². The van der Waals surface area contributed by atoms with Crippen LogP contribution < -0.4 is 15.0 Å². The molecule has 0 aromatic heterocycles. The molecule has 1 heterocycles. The van der Waals surface area contributed by atoms with Gasteiger partial charge in [-0.15, -0.1) is 0 Å². The highest BCUT2D eigenvalue weighted by Gasteiger charge is 2.20. The van der Waals surface area contributed by atoms with Crippen molar-refractivity contribution in [2.24, 2.45) is 0 Å². The van der Waals surface area contributed by atoms with Crippen molar-refractivity contribution in [3.8, 4) is 5.75 Å². The van der Waals surface area contributed by atoms with Crippen molar-refractivity contribution in [1.29, 1.82) is 0 Å². The number of piperidine rings is 1. The average molecular weight is 248 g/mol. The summed E-state index contributed by atoms with van der Waals surface area (Å²) in [4.78, 5) is 2.49. The van der Waals surface area contributed by atoms with Crippen LogP contribution in [0.4, 0.5) is 5.69 Å². The second kappa shape index (κ2) is 6.10. The lowest BCUT2D eigenvalue weighted by Crippen LogP contribution is -2.45. The van der Waals surface area contributed by atoms with E-state index in [1.54, 1.807) is 7.11 Å². The van der Waals surface area contributed by atoms with Crippen LogP contribution in [0.5, 0.6) is 5.75 Å². The van der Waals surface area contributed by atoms with E-state index in [-0.39, 0.29) is 0 Å². The normalized spacial score (nSPS) is 19.9. The summed E-state index contributed by atoms with van der Waals surface area (Å²) in [5.41, 5.74) is 2.64. The number of hydrogen-bond acceptors (Lipinski definition) is 3. The Balaban J connectivity index is 2.10. The molecule has 18 heavy (non-hydrogen) atoms. The lowest BCUT2D eigenvalue weighted by molar-refractivity contribution is 0.413. The molecular formula is C15H24N2O. The van der Waals surface area contributed by atoms with Gasteiger partial charge in [-0.2, -0.15) is 0 Å². The molecule has 1 N–H and O–H groups in total. The van der Waals surface area contributed by atoms with Crippen molar-refractivity contribution in [2.45, 2.75) is 32.7 Å². The van der Waals surface area contributed by atoms with Gasteiger partial charge in [-0.1, -0.05) is 6.92 Å². The molecule has 0 saturated carbocycles. The Kier molecular flexibility index (Phi) is 4.48. The molecule has 0 amide bonds. The first-order valence-corrected chi connectivity index (χ1v) is 6.87. The number of anilines is 1. The topological polar surface area (TPSA) is 24.5 Å². The van der Waals surface area contributed by atoms with Crippen LogP contribution in [-0.2, 0) is 0 Å². The molecular weight excluding hydrogens is 224 g/mol. The van der Waals surface area contributed by atoms with Crippen LogP contribution in [-0.4, -0.2) is 32.8 Å². The molecule has 1 aromatic carbocycles. The second-order valence-electron chi connectivity index (χ2n) is 5.00. The van der Waals surface area contributed by atoms with Crippen molar-refractivity contribution < 1.29 is 4.74 Å². The monoisotopic (exact) mass is 248 g/mol. The summed E-state index contributed by atoms with van der Waals surface area (Å²) < 4.78 is 5.27. The SMILES string of the molecule is CCNC1CCCN(c2ccc(OC)cc2C)C1. The molecule has 100 valence electrons. The van der Waals surface area contributed by atoms with E-state index in [2.05, 4.69) is 42.3 Å². The zero-order valence-corrected chi connectivity index (χ0v) is 11.7. The van der Waals surface area contributed by atoms with Gasteiger partial charge in [0.2, 0.25) is 0 Å². The smallest absolute Gasteiger partial charge is 0.119 e. The summed E-state index contributed by atoms with van der Waals surface area (Å²) in [6.45, 7) is 7.67. The molecule has 1 unspecified atom stereocenters. The molecule has 3 nitrogen and oxygen atoms in total. The van der Waals surface area contributed by atoms with Crippen LogP contribution in [0.25, 0.3) is 0 Å². The van der Waals surface area contributed by atoms with E-state index in [9.17, 15) is 0 Å². The van der Waals surface area contributed by atoms with E-state index in [4.69, 9.17) is 4.74 Å². The standard InChI is InChI=1S/C15H24N2O/c1-4-16-13-6-5-9-17(11-13)15-8-7-14(18-3)10-12(15)2/h7-8,10,13,16H,4-6,9,11H2,1-3H3. The van der Waals surface area contributed by atoms with E-state index in [0.29, 0.717) is 6.04 Å². The molecule has 1 aliphatic rings. The van der Waals surface area contributed by atoms with E-state index >= 15 is 0 Å². The van der Waals surface area contributed by atoms with Gasteiger partial charge in [-0.05, 0) is 50.1 Å². The Morgan fingerprint density at radius 2 is 2.28 bits per heavy atom. The number of nitrogens with one attached hydrogen (secondary N) is 1. The predicted molar refractivity (Wildman–Crippen MR) is 76.6 cm³/mol. The van der Waals surface area contributed by atoms with Gasteiger partial charge in [0, 0.05) is 24.8 Å². The van der Waals surface area contributed by atoms with Crippen molar-refractivity contribution in [1.82, 2.24) is 5.32 Å². The molecule has 1 saturated heterocycles. The molecule has 0 aliphatic carbocycles. The zero-order chi connectivity index (χ0) is 13.0. The van der Waals surface area contributed by atoms with Crippen LogP contribution in [0.1, 0.15) is 25.3 Å². The quantitative estimate of drug-likeness (QED) is 0.886. The summed E-state index contributed by atoms with van der Waals surface area (Å²) in [6.07, 6.45) is 2.56. The molecule has 0 radical (unpaired) electrons. The van der Waals surface area contributed by atoms with Gasteiger partial charge in [0.25, 0.3) is 0 Å². The summed E-state index contributed by atoms with van der Waals surface area (Å²) in [7, 11) is 1.72. The molecule has 3 heteroatoms. The van der Waals surface area contributed by atoms with Crippen LogP contribution in [0.3, 0.4) is 0 Å². The third-order valence-electron chi connectivity index (χ3n) is 3.66. The highest BCUT2D eigenvalue weighted by Crippen LogP contribution is 2.27. The molecule has 2 rings (SSSR count). The fourth-order valence-corrected chi connectivity index (χ4v) is 2.76. The maximum atomic E-state index is 5.27. The number of ether oxygens (including phenoxy) is 1. The van der Waals surface area contributed by atoms with Gasteiger partial charge in [0.15, 0.2) is 0 Å². The third kappa shape index (κ3) is 2.96. The third-order valence-corrected chi connectivity index (χ3v) is 3.66. The van der Waals surface area contributed by atoms with Crippen molar-refractivity contribution in [2.75, 3.05) is 31.6 Å². The first-order valence-electron chi connectivity index (χ1n) is 6.87. The Bertz CT molecular complexity index is 390. The molecule has 1 atom stereocenters. The molecule has 1 aromatic rings. The van der Waals surface area contributed by atoms with E-state index in [0.717, 1.165) is 25.4 Å². The van der Waals surface area contributed by atoms with Crippen LogP contribution >= 0.6 is 0 Å². The van der Waals surface area contributed by atoms with E-state index in [1.807, 2.05) is 0 Å². The molecule has 0 bridgehead atoms. The molecule has 1 fully saturated rings. The largest absolute Gasteiger partial charge is 0.497 e. The minimum atomic E-state index is 0.630. The number of likely N-dealkylation sites (N-methyl/N-ethyl adjacent to an activating group) is 1. The fourth-order valence-electron chi connectivity index (χ4n) is 2.76. The maximum absolute atomic E-state index is 5.27. The van der Waals surface area contributed by atoms with Gasteiger partial charge >= 0.3 is 0 Å². The highest BCUT2D eigenvalue weighted by atomic mass is 16.5. The van der Waals surface area contributed by atoms with Crippen molar-refractivity contribution in [3.63, 3.8) is 0 Å². The lowest BCUT2D eigenvalue weighted by atomic mass is 10.0. The summed E-state index contributed by atoms with van der Waals surface area (Å²) in [5.74, 6) is 0.941. The number of rotatable bonds is 4. The number of hydrogen-bond donors (Lipinski definition) is 1. The Labute approximate surface area is 110 Å². The average Bonchev–Trinajstić information content (AvgIpc) is 2.39. The fraction of sp³-hybridized carbons (Fsp3) is 0.600. The minimum absolute atomic E-state index is 0.630. The first-order chi connectivity index (χ1) is 8.74. The molecule has 1 aliphatic heterocycles.